The minimum Gasteiger partial charge on any atom is -0.507 e. The molecule has 2 bridgehead atoms. The lowest BCUT2D eigenvalue weighted by Gasteiger charge is -2.56. The predicted octanol–water partition coefficient (Wildman–Crippen LogP) is 5.91. The van der Waals surface area contributed by atoms with Crippen LogP contribution in [-0.4, -0.2) is 43.5 Å². The van der Waals surface area contributed by atoms with Crippen LogP contribution in [-0.2, 0) is 0 Å². The van der Waals surface area contributed by atoms with Gasteiger partial charge in [-0.1, -0.05) is 26.3 Å². The van der Waals surface area contributed by atoms with E-state index < -0.39 is 6.17 Å². The van der Waals surface area contributed by atoms with Crippen LogP contribution in [0.3, 0.4) is 0 Å². The number of thiazole rings is 1. The molecule has 3 saturated carbocycles. The Morgan fingerprint density at radius 3 is 2.72 bits per heavy atom. The third kappa shape index (κ3) is 4.01. The van der Waals surface area contributed by atoms with E-state index in [1.54, 1.807) is 23.7 Å². The van der Waals surface area contributed by atoms with Gasteiger partial charge in [0.2, 0.25) is 0 Å². The molecule has 9 heteroatoms. The number of phenols is 1. The maximum atomic E-state index is 16.0. The number of anilines is 1. The van der Waals surface area contributed by atoms with E-state index in [4.69, 9.17) is 5.26 Å². The summed E-state index contributed by atoms with van der Waals surface area (Å²) in [6, 6.07) is 7.23. The fourth-order valence-corrected chi connectivity index (χ4v) is 7.24. The second-order valence-electron chi connectivity index (χ2n) is 11.3. The summed E-state index contributed by atoms with van der Waals surface area (Å²) in [5, 5.41) is 30.7. The molecule has 0 aliphatic heterocycles. The molecule has 2 heterocycles. The summed E-state index contributed by atoms with van der Waals surface area (Å²) in [6.45, 7) is 4.44. The molecule has 186 valence electrons. The first-order valence-electron chi connectivity index (χ1n) is 12.6. The van der Waals surface area contributed by atoms with Crippen LogP contribution in [0.2, 0.25) is 0 Å². The molecule has 1 aromatic carbocycles. The van der Waals surface area contributed by atoms with Crippen molar-refractivity contribution < 1.29 is 9.50 Å². The van der Waals surface area contributed by atoms with E-state index in [2.05, 4.69) is 38.9 Å². The van der Waals surface area contributed by atoms with Gasteiger partial charge < -0.3 is 10.0 Å². The molecule has 3 aliphatic carbocycles. The highest BCUT2D eigenvalue weighted by Gasteiger charge is 2.56. The van der Waals surface area contributed by atoms with Crippen LogP contribution >= 0.6 is 11.3 Å². The van der Waals surface area contributed by atoms with Crippen molar-refractivity contribution in [2.75, 3.05) is 4.90 Å². The van der Waals surface area contributed by atoms with Crippen molar-refractivity contribution in [1.82, 2.24) is 20.2 Å². The lowest BCUT2D eigenvalue weighted by atomic mass is 9.54. The fraction of sp³-hybridized carbons (Fsp3) is 0.519. The number of benzene rings is 1. The van der Waals surface area contributed by atoms with Crippen LogP contribution in [0.25, 0.3) is 22.6 Å². The molecule has 0 unspecified atom stereocenters. The summed E-state index contributed by atoms with van der Waals surface area (Å²) in [4.78, 5) is 10.9. The normalized spacial score (nSPS) is 29.5. The molecule has 0 radical (unpaired) electrons. The maximum absolute atomic E-state index is 16.0. The molecule has 4 atom stereocenters. The summed E-state index contributed by atoms with van der Waals surface area (Å²) >= 11 is 1.26. The number of hydrogen-bond donors (Lipinski definition) is 1. The van der Waals surface area contributed by atoms with E-state index in [9.17, 15) is 5.11 Å². The average molecular weight is 505 g/mol. The van der Waals surface area contributed by atoms with Gasteiger partial charge in [-0.05, 0) is 56.1 Å². The Balaban J connectivity index is 1.28. The third-order valence-electron chi connectivity index (χ3n) is 8.31. The number of rotatable bonds is 5. The number of alkyl halides is 1. The minimum absolute atomic E-state index is 0.0115. The molecule has 1 N–H and O–H groups in total. The number of phenolic OH excluding ortho intramolecular Hbond substituents is 1. The van der Waals surface area contributed by atoms with Crippen LogP contribution in [0.1, 0.15) is 63.8 Å². The Labute approximate surface area is 214 Å². The quantitative estimate of drug-likeness (QED) is 0.461. The first-order chi connectivity index (χ1) is 17.3. The molecule has 36 heavy (non-hydrogen) atoms. The summed E-state index contributed by atoms with van der Waals surface area (Å²) in [5.41, 5.74) is 1.67. The zero-order valence-corrected chi connectivity index (χ0v) is 21.3. The highest BCUT2D eigenvalue weighted by Crippen LogP contribution is 2.58. The summed E-state index contributed by atoms with van der Waals surface area (Å²) in [6.07, 6.45) is 7.81. The topological polar surface area (TPSA) is 98.8 Å². The molecular formula is C27H29FN6OS. The summed E-state index contributed by atoms with van der Waals surface area (Å²) in [5.74, 6) is 0.937. The van der Waals surface area contributed by atoms with Crippen LogP contribution < -0.4 is 4.90 Å². The maximum Gasteiger partial charge on any atom is 0.194 e. The van der Waals surface area contributed by atoms with Crippen molar-refractivity contribution in [1.29, 1.82) is 5.26 Å². The smallest absolute Gasteiger partial charge is 0.194 e. The SMILES string of the molecule is C[C@]12CCC[C@](C)(C1)[C@H](F)[C@H](N(c1cnc(-c3ccc(-c4csc(C#N)n4)cc3O)nn1)C1CC1)C2. The zero-order chi connectivity index (χ0) is 25.1. The van der Waals surface area contributed by atoms with Crippen molar-refractivity contribution in [3.63, 3.8) is 0 Å². The lowest BCUT2D eigenvalue weighted by molar-refractivity contribution is -0.0554. The van der Waals surface area contributed by atoms with Crippen LogP contribution in [0.5, 0.6) is 5.75 Å². The van der Waals surface area contributed by atoms with E-state index in [1.165, 1.54) is 11.3 Å². The van der Waals surface area contributed by atoms with Crippen molar-refractivity contribution >= 4 is 17.2 Å². The van der Waals surface area contributed by atoms with Gasteiger partial charge in [-0.3, -0.25) is 0 Å². The molecule has 7 nitrogen and oxygen atoms in total. The van der Waals surface area contributed by atoms with Gasteiger partial charge in [0.1, 0.15) is 18.0 Å². The van der Waals surface area contributed by atoms with E-state index in [0.29, 0.717) is 33.5 Å². The fourth-order valence-electron chi connectivity index (χ4n) is 6.62. The highest BCUT2D eigenvalue weighted by molar-refractivity contribution is 7.10. The Bertz CT molecular complexity index is 1330. The lowest BCUT2D eigenvalue weighted by Crippen LogP contribution is -2.58. The molecular weight excluding hydrogens is 475 g/mol. The molecule has 2 aromatic heterocycles. The monoisotopic (exact) mass is 504 g/mol. The van der Waals surface area contributed by atoms with Gasteiger partial charge >= 0.3 is 0 Å². The van der Waals surface area contributed by atoms with Crippen molar-refractivity contribution in [3.8, 4) is 34.5 Å². The molecule has 3 aliphatic rings. The first kappa shape index (κ1) is 23.3. The van der Waals surface area contributed by atoms with E-state index in [-0.39, 0.29) is 28.7 Å². The number of halogens is 1. The van der Waals surface area contributed by atoms with Crippen molar-refractivity contribution in [3.05, 3.63) is 34.8 Å². The summed E-state index contributed by atoms with van der Waals surface area (Å²) < 4.78 is 16.0. The molecule has 6 rings (SSSR count). The molecule has 3 aromatic rings. The summed E-state index contributed by atoms with van der Waals surface area (Å²) in [7, 11) is 0. The zero-order valence-electron chi connectivity index (χ0n) is 20.5. The Hall–Kier alpha value is -3.12. The third-order valence-corrected chi connectivity index (χ3v) is 9.06. The van der Waals surface area contributed by atoms with E-state index in [0.717, 1.165) is 44.9 Å². The van der Waals surface area contributed by atoms with Gasteiger partial charge in [-0.15, -0.1) is 21.5 Å². The van der Waals surface area contributed by atoms with Crippen molar-refractivity contribution in [2.45, 2.75) is 77.0 Å². The standard InChI is InChI=1S/C27H29FN6OS/c1-26-8-3-9-27(2,15-26)24(28)20(11-26)34(17-5-6-17)22-13-30-25(33-32-22)18-7-4-16(10-21(18)35)19-14-36-23(12-29)31-19/h4,7,10,13-14,17,20,24,35H,3,5-6,8-9,11,15H2,1-2H3/t20-,24-,26-,27-/m1/s1. The largest absolute Gasteiger partial charge is 0.507 e. The minimum atomic E-state index is -0.906. The van der Waals surface area contributed by atoms with Crippen molar-refractivity contribution in [2.24, 2.45) is 10.8 Å². The Morgan fingerprint density at radius 2 is 2.06 bits per heavy atom. The second kappa shape index (κ2) is 8.48. The van der Waals surface area contributed by atoms with Crippen LogP contribution in [0.4, 0.5) is 10.2 Å². The van der Waals surface area contributed by atoms with Gasteiger partial charge in [0.05, 0.1) is 23.5 Å². The highest BCUT2D eigenvalue weighted by atomic mass is 32.1. The van der Waals surface area contributed by atoms with Gasteiger partial charge in [0, 0.05) is 22.4 Å². The number of fused-ring (bicyclic) bond motifs is 2. The Morgan fingerprint density at radius 1 is 1.22 bits per heavy atom. The number of nitrogens with zero attached hydrogens (tertiary/aromatic N) is 6. The molecule has 0 amide bonds. The van der Waals surface area contributed by atoms with Crippen LogP contribution in [0, 0.1) is 22.2 Å². The van der Waals surface area contributed by atoms with Gasteiger partial charge in [-0.2, -0.15) is 5.26 Å². The second-order valence-corrected chi connectivity index (χ2v) is 12.2. The number of aromatic hydroxyl groups is 1. The van der Waals surface area contributed by atoms with E-state index in [1.807, 2.05) is 12.1 Å². The van der Waals surface area contributed by atoms with E-state index >= 15 is 4.39 Å². The number of nitriles is 1. The van der Waals surface area contributed by atoms with Gasteiger partial charge in [0.15, 0.2) is 16.6 Å². The molecule has 0 spiro atoms. The molecule has 3 fully saturated rings. The predicted molar refractivity (Wildman–Crippen MR) is 136 cm³/mol. The van der Waals surface area contributed by atoms with Crippen LogP contribution in [0.15, 0.2) is 29.8 Å². The Kier molecular flexibility index (Phi) is 5.48. The average Bonchev–Trinajstić information content (AvgIpc) is 3.57. The first-order valence-corrected chi connectivity index (χ1v) is 13.5. The van der Waals surface area contributed by atoms with Gasteiger partial charge in [-0.25, -0.2) is 14.4 Å². The number of aromatic nitrogens is 4. The molecule has 0 saturated heterocycles. The van der Waals surface area contributed by atoms with Gasteiger partial charge in [0.25, 0.3) is 0 Å². The number of hydrogen-bond acceptors (Lipinski definition) is 8.